The lowest BCUT2D eigenvalue weighted by atomic mass is 9.93. The number of nitro benzene ring substituents is 1. The number of non-ortho nitro benzene ring substituents is 1. The third-order valence-electron chi connectivity index (χ3n) is 5.82. The molecule has 3 aromatic carbocycles. The average Bonchev–Trinajstić information content (AvgIpc) is 3.20. The van der Waals surface area contributed by atoms with Gasteiger partial charge >= 0.3 is 0 Å². The fraction of sp³-hybridized carbons (Fsp3) is 0.208. The van der Waals surface area contributed by atoms with Gasteiger partial charge in [-0.2, -0.15) is 5.10 Å². The molecule has 0 aromatic heterocycles. The fourth-order valence-corrected chi connectivity index (χ4v) is 4.46. The van der Waals surface area contributed by atoms with Gasteiger partial charge in [-0.25, -0.2) is 5.01 Å². The van der Waals surface area contributed by atoms with Gasteiger partial charge in [0.25, 0.3) is 5.69 Å². The minimum atomic E-state index is -0.568. The Morgan fingerprint density at radius 3 is 2.77 bits per heavy atom. The minimum absolute atomic E-state index is 0.0254. The molecule has 6 nitrogen and oxygen atoms in total. The number of rotatable bonds is 3. The molecule has 5 rings (SSSR count). The maximum atomic E-state index is 11.3. The molecular weight excluding hydrogens is 414 g/mol. The van der Waals surface area contributed by atoms with Crippen molar-refractivity contribution >= 4 is 23.0 Å². The van der Waals surface area contributed by atoms with Gasteiger partial charge in [-0.1, -0.05) is 41.4 Å². The van der Waals surface area contributed by atoms with E-state index in [1.807, 2.05) is 23.2 Å². The first-order valence-corrected chi connectivity index (χ1v) is 10.4. The largest absolute Gasteiger partial charge is 0.464 e. The summed E-state index contributed by atoms with van der Waals surface area (Å²) in [6.45, 7) is 4.14. The van der Waals surface area contributed by atoms with Crippen LogP contribution in [-0.2, 0) is 0 Å². The molecule has 0 spiro atoms. The number of hydrazone groups is 1. The highest BCUT2D eigenvalue weighted by molar-refractivity contribution is 6.30. The van der Waals surface area contributed by atoms with E-state index in [1.165, 1.54) is 11.6 Å². The second-order valence-electron chi connectivity index (χ2n) is 7.97. The Kier molecular flexibility index (Phi) is 4.67. The highest BCUT2D eigenvalue weighted by Gasteiger charge is 2.41. The Morgan fingerprint density at radius 2 is 1.97 bits per heavy atom. The SMILES string of the molecule is Cc1ccc(C)c(C2=NN3[C@H](C2)c2cc(Cl)ccc2O[C@H]3c2cccc([N+](=O)[O-])c2)c1. The molecule has 0 saturated heterocycles. The fourth-order valence-electron chi connectivity index (χ4n) is 4.28. The number of nitrogens with zero attached hydrogens (tertiary/aromatic N) is 3. The standard InChI is InChI=1S/C24H20ClN3O3/c1-14-6-7-15(2)19(10-14)21-13-22-20-12-17(25)8-9-23(20)31-24(27(22)26-21)16-4-3-5-18(11-16)28(29)30/h3-12,22,24H,13H2,1-2H3/t22-,24+/m1/s1. The quantitative estimate of drug-likeness (QED) is 0.369. The van der Waals surface area contributed by atoms with Crippen molar-refractivity contribution in [2.24, 2.45) is 5.10 Å². The van der Waals surface area contributed by atoms with Crippen LogP contribution in [0.2, 0.25) is 5.02 Å². The zero-order valence-electron chi connectivity index (χ0n) is 17.1. The molecule has 0 aliphatic carbocycles. The van der Waals surface area contributed by atoms with Crippen molar-refractivity contribution in [1.82, 2.24) is 5.01 Å². The number of halogens is 1. The molecule has 31 heavy (non-hydrogen) atoms. The summed E-state index contributed by atoms with van der Waals surface area (Å²) < 4.78 is 6.30. The molecule has 2 heterocycles. The monoisotopic (exact) mass is 433 g/mol. The summed E-state index contributed by atoms with van der Waals surface area (Å²) >= 11 is 6.29. The van der Waals surface area contributed by atoms with Crippen LogP contribution in [-0.4, -0.2) is 15.6 Å². The Labute approximate surface area is 184 Å². The van der Waals surface area contributed by atoms with Crippen LogP contribution in [0.5, 0.6) is 5.75 Å². The molecular formula is C24H20ClN3O3. The van der Waals surface area contributed by atoms with Gasteiger partial charge in [0, 0.05) is 40.3 Å². The van der Waals surface area contributed by atoms with Crippen LogP contribution in [0.1, 0.15) is 46.5 Å². The highest BCUT2D eigenvalue weighted by atomic mass is 35.5. The number of aryl methyl sites for hydroxylation is 2. The first-order chi connectivity index (χ1) is 14.9. The molecule has 0 radical (unpaired) electrons. The van der Waals surface area contributed by atoms with E-state index >= 15 is 0 Å². The molecule has 7 heteroatoms. The summed E-state index contributed by atoms with van der Waals surface area (Å²) in [6, 6.07) is 18.4. The number of nitro groups is 1. The first-order valence-electron chi connectivity index (χ1n) is 10.0. The summed E-state index contributed by atoms with van der Waals surface area (Å²) in [5.74, 6) is 0.722. The van der Waals surface area contributed by atoms with Crippen LogP contribution >= 0.6 is 11.6 Å². The van der Waals surface area contributed by atoms with Crippen molar-refractivity contribution in [3.63, 3.8) is 0 Å². The van der Waals surface area contributed by atoms with E-state index in [-0.39, 0.29) is 11.7 Å². The van der Waals surface area contributed by atoms with Gasteiger partial charge in [-0.05, 0) is 43.7 Å². The van der Waals surface area contributed by atoms with Crippen LogP contribution in [0.15, 0.2) is 65.8 Å². The smallest absolute Gasteiger partial charge is 0.269 e. The molecule has 0 N–H and O–H groups in total. The van der Waals surface area contributed by atoms with Crippen molar-refractivity contribution in [3.05, 3.63) is 104 Å². The van der Waals surface area contributed by atoms with E-state index in [1.54, 1.807) is 18.2 Å². The lowest BCUT2D eigenvalue weighted by Gasteiger charge is -2.38. The molecule has 2 atom stereocenters. The van der Waals surface area contributed by atoms with Crippen molar-refractivity contribution < 1.29 is 9.66 Å². The predicted molar refractivity (Wildman–Crippen MR) is 120 cm³/mol. The van der Waals surface area contributed by atoms with E-state index in [0.717, 1.165) is 28.2 Å². The van der Waals surface area contributed by atoms with Crippen LogP contribution in [0, 0.1) is 24.0 Å². The van der Waals surface area contributed by atoms with Gasteiger partial charge in [-0.3, -0.25) is 10.1 Å². The predicted octanol–water partition coefficient (Wildman–Crippen LogP) is 6.11. The van der Waals surface area contributed by atoms with Crippen molar-refractivity contribution in [3.8, 4) is 5.75 Å². The van der Waals surface area contributed by atoms with Gasteiger partial charge in [-0.15, -0.1) is 0 Å². The Bertz CT molecular complexity index is 1240. The van der Waals surface area contributed by atoms with Crippen molar-refractivity contribution in [2.45, 2.75) is 32.5 Å². The number of benzene rings is 3. The maximum absolute atomic E-state index is 11.3. The van der Waals surface area contributed by atoms with E-state index in [2.05, 4.69) is 32.0 Å². The van der Waals surface area contributed by atoms with Gasteiger partial charge in [0.2, 0.25) is 6.23 Å². The van der Waals surface area contributed by atoms with Gasteiger partial charge < -0.3 is 4.74 Å². The topological polar surface area (TPSA) is 68.0 Å². The molecule has 3 aromatic rings. The summed E-state index contributed by atoms with van der Waals surface area (Å²) in [4.78, 5) is 10.9. The number of hydrogen-bond acceptors (Lipinski definition) is 5. The number of ether oxygens (including phenoxy) is 1. The number of fused-ring (bicyclic) bond motifs is 3. The van der Waals surface area contributed by atoms with Crippen LogP contribution in [0.4, 0.5) is 5.69 Å². The zero-order chi connectivity index (χ0) is 21.7. The summed E-state index contributed by atoms with van der Waals surface area (Å²) in [6.07, 6.45) is 0.132. The van der Waals surface area contributed by atoms with Crippen molar-refractivity contribution in [2.75, 3.05) is 0 Å². The lowest BCUT2D eigenvalue weighted by molar-refractivity contribution is -0.385. The minimum Gasteiger partial charge on any atom is -0.464 e. The summed E-state index contributed by atoms with van der Waals surface area (Å²) in [7, 11) is 0. The van der Waals surface area contributed by atoms with E-state index in [0.29, 0.717) is 17.0 Å². The van der Waals surface area contributed by atoms with Gasteiger partial charge in [0.05, 0.1) is 16.7 Å². The summed E-state index contributed by atoms with van der Waals surface area (Å²) in [5, 5.41) is 18.8. The van der Waals surface area contributed by atoms with E-state index in [4.69, 9.17) is 21.4 Å². The Morgan fingerprint density at radius 1 is 1.13 bits per heavy atom. The van der Waals surface area contributed by atoms with Crippen molar-refractivity contribution in [1.29, 1.82) is 0 Å². The van der Waals surface area contributed by atoms with Crippen LogP contribution in [0.25, 0.3) is 0 Å². The first kappa shape index (κ1) is 19.6. The lowest BCUT2D eigenvalue weighted by Crippen LogP contribution is -2.33. The number of hydrogen-bond donors (Lipinski definition) is 0. The molecule has 0 saturated carbocycles. The normalized spacial score (nSPS) is 19.3. The van der Waals surface area contributed by atoms with Gasteiger partial charge in [0.1, 0.15) is 5.75 Å². The van der Waals surface area contributed by atoms with Gasteiger partial charge in [0.15, 0.2) is 0 Å². The second-order valence-corrected chi connectivity index (χ2v) is 8.41. The molecule has 0 amide bonds. The maximum Gasteiger partial charge on any atom is 0.269 e. The van der Waals surface area contributed by atoms with E-state index in [9.17, 15) is 10.1 Å². The zero-order valence-corrected chi connectivity index (χ0v) is 17.8. The molecule has 2 aliphatic rings. The Hall–Kier alpha value is -3.38. The molecule has 2 aliphatic heterocycles. The molecule has 156 valence electrons. The Balaban J connectivity index is 1.63. The third-order valence-corrected chi connectivity index (χ3v) is 6.06. The van der Waals surface area contributed by atoms with Crippen LogP contribution in [0.3, 0.4) is 0 Å². The average molecular weight is 434 g/mol. The third kappa shape index (κ3) is 3.43. The van der Waals surface area contributed by atoms with Crippen LogP contribution < -0.4 is 4.74 Å². The van der Waals surface area contributed by atoms with E-state index < -0.39 is 11.2 Å². The molecule has 0 bridgehead atoms. The summed E-state index contributed by atoms with van der Waals surface area (Å²) in [5.41, 5.74) is 6.08. The second kappa shape index (κ2) is 7.39. The molecule has 0 fully saturated rings. The molecule has 0 unspecified atom stereocenters. The highest BCUT2D eigenvalue weighted by Crippen LogP contribution is 2.48.